The smallest absolute Gasteiger partial charge is 0.272 e. The Morgan fingerprint density at radius 3 is 2.48 bits per heavy atom. The summed E-state index contributed by atoms with van der Waals surface area (Å²) in [5.74, 6) is -1.67. The van der Waals surface area contributed by atoms with Gasteiger partial charge in [0.05, 0.1) is 32.0 Å². The molecule has 7 heteroatoms. The molecule has 0 aliphatic carbocycles. The number of nitrogens with one attached hydrogen (secondary N) is 1. The van der Waals surface area contributed by atoms with E-state index in [1.807, 2.05) is 0 Å². The average molecular weight is 322 g/mol. The molecule has 1 aromatic heterocycles. The highest BCUT2D eigenvalue weighted by molar-refractivity contribution is 7.15. The molecule has 5 nitrogen and oxygen atoms in total. The fourth-order valence-corrected chi connectivity index (χ4v) is 2.54. The predicted octanol–water partition coefficient (Wildman–Crippen LogP) is 1.92. The van der Waals surface area contributed by atoms with Crippen LogP contribution in [0.15, 0.2) is 41.5 Å². The fourth-order valence-electron chi connectivity index (χ4n) is 1.54. The van der Waals surface area contributed by atoms with Crippen LogP contribution >= 0.6 is 22.9 Å². The van der Waals surface area contributed by atoms with Crippen LogP contribution in [-0.2, 0) is 0 Å². The van der Waals surface area contributed by atoms with Crippen LogP contribution in [0.3, 0.4) is 0 Å². The van der Waals surface area contributed by atoms with Gasteiger partial charge < -0.3 is 9.90 Å². The van der Waals surface area contributed by atoms with Gasteiger partial charge in [-0.15, -0.1) is 11.3 Å². The lowest BCUT2D eigenvalue weighted by molar-refractivity contribution is -0.254. The number of hydrogen-bond donors (Lipinski definition) is 1. The summed E-state index contributed by atoms with van der Waals surface area (Å²) >= 11 is 6.94. The Morgan fingerprint density at radius 1 is 1.19 bits per heavy atom. The van der Waals surface area contributed by atoms with E-state index in [1.54, 1.807) is 37.3 Å². The Labute approximate surface area is 129 Å². The summed E-state index contributed by atoms with van der Waals surface area (Å²) in [6, 6.07) is 9.66. The monoisotopic (exact) mass is 321 g/mol. The number of nitrogens with zero attached hydrogens (tertiary/aromatic N) is 1. The average Bonchev–Trinajstić information content (AvgIpc) is 2.95. The third-order valence-corrected chi connectivity index (χ3v) is 4.11. The first-order chi connectivity index (χ1) is 9.99. The molecule has 0 aliphatic rings. The highest BCUT2D eigenvalue weighted by atomic mass is 35.5. The molecule has 108 valence electrons. The molecule has 1 amide bonds. The zero-order valence-corrected chi connectivity index (χ0v) is 12.5. The van der Waals surface area contributed by atoms with Gasteiger partial charge in [0.25, 0.3) is 5.91 Å². The molecule has 0 aliphatic heterocycles. The predicted molar refractivity (Wildman–Crippen MR) is 79.8 cm³/mol. The summed E-state index contributed by atoms with van der Waals surface area (Å²) < 4.78 is 0. The second kappa shape index (κ2) is 6.51. The Hall–Kier alpha value is -2.18. The Kier molecular flexibility index (Phi) is 4.72. The maximum Gasteiger partial charge on any atom is 0.272 e. The van der Waals surface area contributed by atoms with Crippen LogP contribution in [0.5, 0.6) is 0 Å². The number of rotatable bonds is 4. The topological polar surface area (TPSA) is 81.6 Å². The van der Waals surface area contributed by atoms with Crippen molar-refractivity contribution in [2.24, 2.45) is 5.10 Å². The number of benzene rings is 1. The minimum atomic E-state index is -1.24. The highest BCUT2D eigenvalue weighted by Crippen LogP contribution is 2.17. The van der Waals surface area contributed by atoms with Crippen molar-refractivity contribution >= 4 is 40.5 Å². The van der Waals surface area contributed by atoms with Gasteiger partial charge in [-0.1, -0.05) is 23.7 Å². The largest absolute Gasteiger partial charge is 0.544 e. The molecule has 0 fully saturated rings. The van der Waals surface area contributed by atoms with E-state index < -0.39 is 11.9 Å². The van der Waals surface area contributed by atoms with Gasteiger partial charge in [0.1, 0.15) is 0 Å². The van der Waals surface area contributed by atoms with Crippen LogP contribution in [0.25, 0.3) is 0 Å². The summed E-state index contributed by atoms with van der Waals surface area (Å²) in [6.45, 7) is 1.66. The summed E-state index contributed by atoms with van der Waals surface area (Å²) in [4.78, 5) is 23.4. The van der Waals surface area contributed by atoms with Gasteiger partial charge in [-0.3, -0.25) is 4.79 Å². The molecule has 0 spiro atoms. The molecule has 0 atom stereocenters. The lowest BCUT2D eigenvalue weighted by atomic mass is 10.2. The first kappa shape index (κ1) is 15.2. The Bertz CT molecular complexity index is 725. The van der Waals surface area contributed by atoms with Crippen molar-refractivity contribution < 1.29 is 14.7 Å². The van der Waals surface area contributed by atoms with E-state index in [0.717, 1.165) is 11.3 Å². The van der Waals surface area contributed by atoms with E-state index in [2.05, 4.69) is 10.5 Å². The zero-order chi connectivity index (χ0) is 15.4. The summed E-state index contributed by atoms with van der Waals surface area (Å²) in [7, 11) is 0. The number of thiophene rings is 1. The molecule has 2 rings (SSSR count). The molecule has 21 heavy (non-hydrogen) atoms. The van der Waals surface area contributed by atoms with Crippen LogP contribution in [0.2, 0.25) is 5.02 Å². The Morgan fingerprint density at radius 2 is 1.86 bits per heavy atom. The summed E-state index contributed by atoms with van der Waals surface area (Å²) in [6.07, 6.45) is 0. The lowest BCUT2D eigenvalue weighted by Crippen LogP contribution is -2.20. The number of carboxylic acid groups (broad SMARTS) is 1. The fraction of sp³-hybridized carbons (Fsp3) is 0.0714. The molecule has 1 N–H and O–H groups in total. The van der Waals surface area contributed by atoms with E-state index in [-0.39, 0.29) is 4.88 Å². The van der Waals surface area contributed by atoms with E-state index in [0.29, 0.717) is 21.2 Å². The number of aromatic carboxylic acids is 1. The molecule has 0 saturated heterocycles. The number of carbonyl (C=O) groups is 2. The van der Waals surface area contributed by atoms with E-state index in [4.69, 9.17) is 11.6 Å². The molecule has 0 saturated carbocycles. The quantitative estimate of drug-likeness (QED) is 0.690. The molecule has 1 aromatic carbocycles. The molecule has 0 unspecified atom stereocenters. The van der Waals surface area contributed by atoms with Crippen molar-refractivity contribution in [1.29, 1.82) is 0 Å². The number of hydrazone groups is 1. The van der Waals surface area contributed by atoms with Gasteiger partial charge in [0.15, 0.2) is 0 Å². The molecule has 0 radical (unpaired) electrons. The third-order valence-electron chi connectivity index (χ3n) is 2.61. The SMILES string of the molecule is C/C(=N/NC(=O)c1ccccc1Cl)c1ccc(C(=O)[O-])s1. The van der Waals surface area contributed by atoms with Gasteiger partial charge in [0, 0.05) is 0 Å². The van der Waals surface area contributed by atoms with Crippen LogP contribution in [0, 0.1) is 0 Å². The lowest BCUT2D eigenvalue weighted by Gasteiger charge is -2.03. The third kappa shape index (κ3) is 3.68. The molecule has 0 bridgehead atoms. The van der Waals surface area contributed by atoms with Crippen molar-refractivity contribution in [3.05, 3.63) is 56.7 Å². The van der Waals surface area contributed by atoms with Crippen molar-refractivity contribution in [2.75, 3.05) is 0 Å². The van der Waals surface area contributed by atoms with Gasteiger partial charge >= 0.3 is 0 Å². The van der Waals surface area contributed by atoms with Crippen molar-refractivity contribution in [2.45, 2.75) is 6.92 Å². The second-order valence-corrected chi connectivity index (χ2v) is 5.56. The van der Waals surface area contributed by atoms with Gasteiger partial charge in [-0.2, -0.15) is 5.10 Å². The van der Waals surface area contributed by atoms with Gasteiger partial charge in [-0.25, -0.2) is 5.43 Å². The number of carboxylic acids is 1. The number of carbonyl (C=O) groups excluding carboxylic acids is 2. The van der Waals surface area contributed by atoms with E-state index >= 15 is 0 Å². The number of amides is 1. The zero-order valence-electron chi connectivity index (χ0n) is 10.9. The normalized spacial score (nSPS) is 11.2. The molecular formula is C14H10ClN2O3S-. The first-order valence-corrected chi connectivity index (χ1v) is 7.09. The van der Waals surface area contributed by atoms with E-state index in [9.17, 15) is 14.7 Å². The van der Waals surface area contributed by atoms with Crippen LogP contribution in [0.1, 0.15) is 31.8 Å². The molecule has 2 aromatic rings. The minimum absolute atomic E-state index is 0.108. The van der Waals surface area contributed by atoms with Crippen molar-refractivity contribution in [3.63, 3.8) is 0 Å². The van der Waals surface area contributed by atoms with Crippen LogP contribution in [0.4, 0.5) is 0 Å². The summed E-state index contributed by atoms with van der Waals surface area (Å²) in [5.41, 5.74) is 3.20. The maximum atomic E-state index is 11.9. The minimum Gasteiger partial charge on any atom is -0.544 e. The van der Waals surface area contributed by atoms with Crippen LogP contribution < -0.4 is 10.5 Å². The second-order valence-electron chi connectivity index (χ2n) is 4.07. The maximum absolute atomic E-state index is 11.9. The summed E-state index contributed by atoms with van der Waals surface area (Å²) in [5, 5.41) is 15.0. The molecule has 1 heterocycles. The number of halogens is 1. The van der Waals surface area contributed by atoms with Crippen molar-refractivity contribution in [3.8, 4) is 0 Å². The highest BCUT2D eigenvalue weighted by Gasteiger charge is 2.09. The Balaban J connectivity index is 2.11. The molecular weight excluding hydrogens is 312 g/mol. The van der Waals surface area contributed by atoms with E-state index in [1.165, 1.54) is 6.07 Å². The standard InChI is InChI=1S/C14H11ClN2O3S/c1-8(11-6-7-12(21-11)14(19)20)16-17-13(18)9-4-2-3-5-10(9)15/h2-7H,1H3,(H,17,18)(H,19,20)/p-1/b16-8-. The number of hydrogen-bond acceptors (Lipinski definition) is 5. The van der Waals surface area contributed by atoms with Gasteiger partial charge in [0.2, 0.25) is 0 Å². The van der Waals surface area contributed by atoms with Crippen LogP contribution in [-0.4, -0.2) is 17.6 Å². The van der Waals surface area contributed by atoms with Gasteiger partial charge in [-0.05, 0) is 31.2 Å². The first-order valence-electron chi connectivity index (χ1n) is 5.89. The van der Waals surface area contributed by atoms with Crippen molar-refractivity contribution in [1.82, 2.24) is 5.43 Å².